The maximum absolute atomic E-state index is 12.3. The first-order valence-corrected chi connectivity index (χ1v) is 9.54. The average Bonchev–Trinajstić information content (AvgIpc) is 2.99. The molecule has 11 heteroatoms. The van der Waals surface area contributed by atoms with Crippen LogP contribution < -0.4 is 20.7 Å². The Balaban J connectivity index is 1.44. The number of amides is 2. The van der Waals surface area contributed by atoms with Gasteiger partial charge in [0.1, 0.15) is 11.6 Å². The molecule has 0 saturated carbocycles. The molecule has 0 aliphatic carbocycles. The lowest BCUT2D eigenvalue weighted by Crippen LogP contribution is -2.32. The molecular formula is C20H23F2N7O2. The summed E-state index contributed by atoms with van der Waals surface area (Å²) in [5.41, 5.74) is 3.40. The largest absolute Gasteiger partial charge is 0.435 e. The Morgan fingerprint density at radius 1 is 1.13 bits per heavy atom. The molecule has 1 aromatic carbocycles. The molecule has 3 aromatic rings. The van der Waals surface area contributed by atoms with Crippen LogP contribution in [-0.4, -0.2) is 45.7 Å². The van der Waals surface area contributed by atoms with Gasteiger partial charge in [0.15, 0.2) is 5.82 Å². The number of urea groups is 1. The summed E-state index contributed by atoms with van der Waals surface area (Å²) >= 11 is 0. The number of carbonyl (C=O) groups excluding carboxylic acids is 1. The van der Waals surface area contributed by atoms with Crippen LogP contribution in [0.4, 0.5) is 25.1 Å². The van der Waals surface area contributed by atoms with Crippen molar-refractivity contribution < 1.29 is 18.3 Å². The molecule has 31 heavy (non-hydrogen) atoms. The second-order valence-corrected chi connectivity index (χ2v) is 6.70. The van der Waals surface area contributed by atoms with Gasteiger partial charge in [-0.3, -0.25) is 0 Å². The molecule has 0 radical (unpaired) electrons. The number of aryl methyl sites for hydroxylation is 1. The number of anilines is 2. The summed E-state index contributed by atoms with van der Waals surface area (Å²) in [7, 11) is 0. The Bertz CT molecular complexity index is 1040. The number of nitrogens with zero attached hydrogens (tertiary/aromatic N) is 4. The molecule has 2 amide bonds. The highest BCUT2D eigenvalue weighted by Gasteiger charge is 2.10. The third-order valence-corrected chi connectivity index (χ3v) is 4.55. The van der Waals surface area contributed by atoms with Gasteiger partial charge in [-0.15, -0.1) is 10.2 Å². The lowest BCUT2D eigenvalue weighted by atomic mass is 10.2. The maximum Gasteiger partial charge on any atom is 0.387 e. The minimum absolute atomic E-state index is 0.0351. The van der Waals surface area contributed by atoms with Crippen LogP contribution in [0.15, 0.2) is 36.4 Å². The van der Waals surface area contributed by atoms with E-state index >= 15 is 0 Å². The molecule has 0 fully saturated rings. The average molecular weight is 431 g/mol. The van der Waals surface area contributed by atoms with Gasteiger partial charge in [0, 0.05) is 30.5 Å². The SMILES string of the molecule is Cc1nn(-c2ccc(NCCNC(=O)Nc3cccc(OC(F)F)c3)nn2)c(C)c1C. The second kappa shape index (κ2) is 9.83. The van der Waals surface area contributed by atoms with Gasteiger partial charge in [0.2, 0.25) is 0 Å². The smallest absolute Gasteiger partial charge is 0.387 e. The van der Waals surface area contributed by atoms with Gasteiger partial charge >= 0.3 is 12.6 Å². The van der Waals surface area contributed by atoms with E-state index < -0.39 is 12.6 Å². The zero-order chi connectivity index (χ0) is 22.4. The van der Waals surface area contributed by atoms with Gasteiger partial charge < -0.3 is 20.7 Å². The number of ether oxygens (including phenoxy) is 1. The molecule has 3 N–H and O–H groups in total. The molecule has 0 aliphatic rings. The Kier molecular flexibility index (Phi) is 6.96. The lowest BCUT2D eigenvalue weighted by molar-refractivity contribution is -0.0498. The third kappa shape index (κ3) is 5.87. The van der Waals surface area contributed by atoms with Crippen molar-refractivity contribution in [1.29, 1.82) is 0 Å². The Morgan fingerprint density at radius 3 is 2.58 bits per heavy atom. The molecule has 0 aliphatic heterocycles. The number of halogens is 2. The fourth-order valence-corrected chi connectivity index (χ4v) is 2.77. The number of rotatable bonds is 8. The number of aromatic nitrogens is 4. The first kappa shape index (κ1) is 21.9. The van der Waals surface area contributed by atoms with E-state index in [1.54, 1.807) is 16.8 Å². The zero-order valence-corrected chi connectivity index (χ0v) is 17.3. The van der Waals surface area contributed by atoms with Gasteiger partial charge in [-0.2, -0.15) is 13.9 Å². The van der Waals surface area contributed by atoms with Crippen molar-refractivity contribution in [3.63, 3.8) is 0 Å². The van der Waals surface area contributed by atoms with Crippen LogP contribution in [0.25, 0.3) is 5.82 Å². The van der Waals surface area contributed by atoms with E-state index in [1.165, 1.54) is 18.2 Å². The van der Waals surface area contributed by atoms with Crippen LogP contribution in [0.3, 0.4) is 0 Å². The van der Waals surface area contributed by atoms with E-state index in [4.69, 9.17) is 0 Å². The molecule has 0 atom stereocenters. The Morgan fingerprint density at radius 2 is 1.94 bits per heavy atom. The van der Waals surface area contributed by atoms with Gasteiger partial charge in [0.05, 0.1) is 5.69 Å². The number of nitrogens with one attached hydrogen (secondary N) is 3. The van der Waals surface area contributed by atoms with Crippen LogP contribution in [0, 0.1) is 20.8 Å². The van der Waals surface area contributed by atoms with Crippen LogP contribution >= 0.6 is 0 Å². The molecular weight excluding hydrogens is 408 g/mol. The minimum Gasteiger partial charge on any atom is -0.435 e. The monoisotopic (exact) mass is 431 g/mol. The number of hydrogen-bond acceptors (Lipinski definition) is 6. The van der Waals surface area contributed by atoms with Gasteiger partial charge in [-0.25, -0.2) is 9.48 Å². The first-order chi connectivity index (χ1) is 14.8. The minimum atomic E-state index is -2.93. The fourth-order valence-electron chi connectivity index (χ4n) is 2.77. The van der Waals surface area contributed by atoms with Crippen molar-refractivity contribution in [2.75, 3.05) is 23.7 Å². The van der Waals surface area contributed by atoms with E-state index in [0.717, 1.165) is 17.0 Å². The van der Waals surface area contributed by atoms with Crippen LogP contribution in [-0.2, 0) is 0 Å². The van der Waals surface area contributed by atoms with Gasteiger partial charge in [0.25, 0.3) is 0 Å². The second-order valence-electron chi connectivity index (χ2n) is 6.70. The third-order valence-electron chi connectivity index (χ3n) is 4.55. The predicted octanol–water partition coefficient (Wildman–Crippen LogP) is 3.42. The molecule has 0 unspecified atom stereocenters. The van der Waals surface area contributed by atoms with Crippen molar-refractivity contribution in [3.8, 4) is 11.6 Å². The predicted molar refractivity (Wildman–Crippen MR) is 112 cm³/mol. The van der Waals surface area contributed by atoms with E-state index in [-0.39, 0.29) is 5.75 Å². The molecule has 9 nitrogen and oxygen atoms in total. The summed E-state index contributed by atoms with van der Waals surface area (Å²) in [6.45, 7) is 3.72. The molecule has 0 spiro atoms. The van der Waals surface area contributed by atoms with E-state index in [1.807, 2.05) is 26.8 Å². The highest BCUT2D eigenvalue weighted by Crippen LogP contribution is 2.19. The molecule has 164 valence electrons. The summed E-state index contributed by atoms with van der Waals surface area (Å²) in [5, 5.41) is 21.0. The molecule has 3 rings (SSSR count). The van der Waals surface area contributed by atoms with Crippen LogP contribution in [0.5, 0.6) is 5.75 Å². The van der Waals surface area contributed by atoms with E-state index in [0.29, 0.717) is 30.4 Å². The molecule has 2 heterocycles. The Labute approximate surface area is 177 Å². The number of carbonyl (C=O) groups is 1. The van der Waals surface area contributed by atoms with Crippen molar-refractivity contribution >= 4 is 17.5 Å². The maximum atomic E-state index is 12.3. The van der Waals surface area contributed by atoms with E-state index in [9.17, 15) is 13.6 Å². The molecule has 0 saturated heterocycles. The normalized spacial score (nSPS) is 10.8. The summed E-state index contributed by atoms with van der Waals surface area (Å²) in [4.78, 5) is 11.9. The highest BCUT2D eigenvalue weighted by atomic mass is 19.3. The van der Waals surface area contributed by atoms with Crippen molar-refractivity contribution in [3.05, 3.63) is 53.3 Å². The van der Waals surface area contributed by atoms with Crippen LogP contribution in [0.2, 0.25) is 0 Å². The van der Waals surface area contributed by atoms with Gasteiger partial charge in [-0.1, -0.05) is 6.07 Å². The Hall–Kier alpha value is -3.76. The standard InChI is InChI=1S/C20H23F2N7O2/c1-12-13(2)28-29(14(12)3)18-8-7-17(26-27-18)23-9-10-24-20(30)25-15-5-4-6-16(11-15)31-19(21)22/h4-8,11,19H,9-10H2,1-3H3,(H,23,26)(H2,24,25,30). The summed E-state index contributed by atoms with van der Waals surface area (Å²) in [6.07, 6.45) is 0. The fraction of sp³-hybridized carbons (Fsp3) is 0.300. The molecule has 0 bridgehead atoms. The van der Waals surface area contributed by atoms with Gasteiger partial charge in [-0.05, 0) is 50.6 Å². The quantitative estimate of drug-likeness (QED) is 0.472. The lowest BCUT2D eigenvalue weighted by Gasteiger charge is -2.10. The molecule has 2 aromatic heterocycles. The van der Waals surface area contributed by atoms with Crippen molar-refractivity contribution in [2.24, 2.45) is 0 Å². The van der Waals surface area contributed by atoms with Crippen molar-refractivity contribution in [1.82, 2.24) is 25.3 Å². The zero-order valence-electron chi connectivity index (χ0n) is 17.3. The van der Waals surface area contributed by atoms with Crippen LogP contribution in [0.1, 0.15) is 17.0 Å². The first-order valence-electron chi connectivity index (χ1n) is 9.54. The van der Waals surface area contributed by atoms with Crippen molar-refractivity contribution in [2.45, 2.75) is 27.4 Å². The highest BCUT2D eigenvalue weighted by molar-refractivity contribution is 5.89. The number of alkyl halides is 2. The summed E-state index contributed by atoms with van der Waals surface area (Å²) in [5.74, 6) is 1.14. The number of hydrogen-bond donors (Lipinski definition) is 3. The summed E-state index contributed by atoms with van der Waals surface area (Å²) in [6, 6.07) is 8.87. The van der Waals surface area contributed by atoms with E-state index in [2.05, 4.69) is 36.0 Å². The summed E-state index contributed by atoms with van der Waals surface area (Å²) < 4.78 is 30.6. The number of benzene rings is 1. The topological polar surface area (TPSA) is 106 Å².